The lowest BCUT2D eigenvalue weighted by atomic mass is 9.92. The Balaban J connectivity index is 1.36. The Morgan fingerprint density at radius 2 is 2.04 bits per heavy atom. The number of carbonyl (C=O) groups excluding carboxylic acids is 1. The van der Waals surface area contributed by atoms with Crippen molar-refractivity contribution in [2.24, 2.45) is 0 Å². The number of hydrogen-bond acceptors (Lipinski definition) is 4. The van der Waals surface area contributed by atoms with Gasteiger partial charge in [-0.05, 0) is 49.9 Å². The Labute approximate surface area is 157 Å². The molecule has 1 aromatic carbocycles. The van der Waals surface area contributed by atoms with Gasteiger partial charge in [0.1, 0.15) is 11.8 Å². The molecule has 6 heteroatoms. The molecule has 0 unspecified atom stereocenters. The highest BCUT2D eigenvalue weighted by molar-refractivity contribution is 6.31. The molecule has 1 aromatic heterocycles. The van der Waals surface area contributed by atoms with E-state index in [0.717, 1.165) is 36.9 Å². The van der Waals surface area contributed by atoms with E-state index >= 15 is 0 Å². The summed E-state index contributed by atoms with van der Waals surface area (Å²) in [4.78, 5) is 18.9. The average molecular weight is 368 g/mol. The average Bonchev–Trinajstić information content (AvgIpc) is 3.00. The SMILES string of the molecule is N#Cc1ccc(O[C@H]2CC[C@H](N3Cc4ncccc4C3=O)CC2)cc1Cl. The molecule has 1 fully saturated rings. The molecule has 0 atom stereocenters. The summed E-state index contributed by atoms with van der Waals surface area (Å²) in [5.41, 5.74) is 2.06. The topological polar surface area (TPSA) is 66.2 Å². The minimum Gasteiger partial charge on any atom is -0.490 e. The Morgan fingerprint density at radius 3 is 2.73 bits per heavy atom. The van der Waals surface area contributed by atoms with Crippen molar-refractivity contribution in [3.05, 3.63) is 58.4 Å². The second-order valence-electron chi connectivity index (χ2n) is 6.73. The first kappa shape index (κ1) is 16.9. The molecule has 1 amide bonds. The third-order valence-electron chi connectivity index (χ3n) is 5.15. The molecule has 2 aromatic rings. The summed E-state index contributed by atoms with van der Waals surface area (Å²) in [6.45, 7) is 0.608. The second-order valence-corrected chi connectivity index (χ2v) is 7.14. The molecule has 1 aliphatic carbocycles. The van der Waals surface area contributed by atoms with E-state index in [1.54, 1.807) is 24.4 Å². The maximum atomic E-state index is 12.6. The second kappa shape index (κ2) is 6.97. The van der Waals surface area contributed by atoms with Gasteiger partial charge in [-0.2, -0.15) is 5.26 Å². The lowest BCUT2D eigenvalue weighted by Crippen LogP contribution is -2.40. The number of amides is 1. The van der Waals surface area contributed by atoms with Crippen LogP contribution in [0.2, 0.25) is 5.02 Å². The predicted octanol–water partition coefficient (Wildman–Crippen LogP) is 3.95. The molecule has 2 aliphatic rings. The molecule has 0 N–H and O–H groups in total. The van der Waals surface area contributed by atoms with Gasteiger partial charge in [0.15, 0.2) is 0 Å². The number of fused-ring (bicyclic) bond motifs is 1. The van der Waals surface area contributed by atoms with Crippen LogP contribution in [0.5, 0.6) is 5.75 Å². The minimum absolute atomic E-state index is 0.0938. The van der Waals surface area contributed by atoms with Crippen LogP contribution in [-0.4, -0.2) is 27.9 Å². The van der Waals surface area contributed by atoms with Gasteiger partial charge in [0.25, 0.3) is 5.91 Å². The van der Waals surface area contributed by atoms with E-state index in [1.807, 2.05) is 23.1 Å². The van der Waals surface area contributed by atoms with Crippen molar-refractivity contribution >= 4 is 17.5 Å². The summed E-state index contributed by atoms with van der Waals surface area (Å²) < 4.78 is 6.03. The zero-order chi connectivity index (χ0) is 18.1. The van der Waals surface area contributed by atoms with E-state index in [1.165, 1.54) is 0 Å². The van der Waals surface area contributed by atoms with Crippen LogP contribution >= 0.6 is 11.6 Å². The van der Waals surface area contributed by atoms with E-state index < -0.39 is 0 Å². The number of hydrogen-bond donors (Lipinski definition) is 0. The number of rotatable bonds is 3. The number of nitriles is 1. The molecule has 0 bridgehead atoms. The maximum absolute atomic E-state index is 12.6. The van der Waals surface area contributed by atoms with Crippen molar-refractivity contribution in [3.8, 4) is 11.8 Å². The summed E-state index contributed by atoms with van der Waals surface area (Å²) in [5.74, 6) is 0.780. The monoisotopic (exact) mass is 367 g/mol. The lowest BCUT2D eigenvalue weighted by molar-refractivity contribution is 0.0560. The van der Waals surface area contributed by atoms with Crippen LogP contribution in [0.25, 0.3) is 0 Å². The number of nitrogens with zero attached hydrogens (tertiary/aromatic N) is 3. The van der Waals surface area contributed by atoms with Gasteiger partial charge in [-0.15, -0.1) is 0 Å². The normalized spacial score (nSPS) is 22.0. The van der Waals surface area contributed by atoms with Crippen molar-refractivity contribution in [2.75, 3.05) is 0 Å². The third-order valence-corrected chi connectivity index (χ3v) is 5.46. The van der Waals surface area contributed by atoms with Crippen LogP contribution in [-0.2, 0) is 6.54 Å². The molecule has 0 spiro atoms. The van der Waals surface area contributed by atoms with E-state index in [2.05, 4.69) is 4.98 Å². The van der Waals surface area contributed by atoms with Gasteiger partial charge in [-0.1, -0.05) is 11.6 Å². The number of halogens is 1. The van der Waals surface area contributed by atoms with Crippen LogP contribution in [0.15, 0.2) is 36.5 Å². The highest BCUT2D eigenvalue weighted by Gasteiger charge is 2.35. The van der Waals surface area contributed by atoms with Crippen LogP contribution in [0, 0.1) is 11.3 Å². The molecule has 2 heterocycles. The van der Waals surface area contributed by atoms with Gasteiger partial charge < -0.3 is 9.64 Å². The minimum atomic E-state index is 0.0938. The fraction of sp³-hybridized carbons (Fsp3) is 0.350. The highest BCUT2D eigenvalue weighted by atomic mass is 35.5. The number of ether oxygens (including phenoxy) is 1. The van der Waals surface area contributed by atoms with Crippen LogP contribution < -0.4 is 4.74 Å². The largest absolute Gasteiger partial charge is 0.490 e. The lowest BCUT2D eigenvalue weighted by Gasteiger charge is -2.34. The van der Waals surface area contributed by atoms with Crippen LogP contribution in [0.3, 0.4) is 0 Å². The Kier molecular flexibility index (Phi) is 4.52. The fourth-order valence-corrected chi connectivity index (χ4v) is 3.98. The molecule has 1 saturated carbocycles. The van der Waals surface area contributed by atoms with Gasteiger partial charge >= 0.3 is 0 Å². The number of carbonyl (C=O) groups is 1. The third kappa shape index (κ3) is 3.13. The predicted molar refractivity (Wildman–Crippen MR) is 96.9 cm³/mol. The van der Waals surface area contributed by atoms with E-state index in [0.29, 0.717) is 22.9 Å². The molecule has 5 nitrogen and oxygen atoms in total. The Bertz CT molecular complexity index is 885. The van der Waals surface area contributed by atoms with Gasteiger partial charge in [0, 0.05) is 18.3 Å². The number of benzene rings is 1. The first-order valence-corrected chi connectivity index (χ1v) is 9.14. The number of aromatic nitrogens is 1. The molecule has 0 saturated heterocycles. The maximum Gasteiger partial charge on any atom is 0.256 e. The van der Waals surface area contributed by atoms with Crippen molar-refractivity contribution in [1.82, 2.24) is 9.88 Å². The zero-order valence-corrected chi connectivity index (χ0v) is 14.9. The van der Waals surface area contributed by atoms with Crippen molar-refractivity contribution < 1.29 is 9.53 Å². The zero-order valence-electron chi connectivity index (χ0n) is 14.2. The summed E-state index contributed by atoms with van der Waals surface area (Å²) in [6, 6.07) is 11.1. The Hall–Kier alpha value is -2.58. The highest BCUT2D eigenvalue weighted by Crippen LogP contribution is 2.32. The van der Waals surface area contributed by atoms with Crippen LogP contribution in [0.1, 0.15) is 47.3 Å². The Morgan fingerprint density at radius 1 is 1.23 bits per heavy atom. The summed E-state index contributed by atoms with van der Waals surface area (Å²) in [6.07, 6.45) is 5.44. The van der Waals surface area contributed by atoms with Crippen molar-refractivity contribution in [2.45, 2.75) is 44.4 Å². The summed E-state index contributed by atoms with van der Waals surface area (Å²) >= 11 is 6.06. The van der Waals surface area contributed by atoms with Gasteiger partial charge in [-0.3, -0.25) is 9.78 Å². The molecule has 0 radical (unpaired) electrons. The summed E-state index contributed by atoms with van der Waals surface area (Å²) in [7, 11) is 0. The first-order valence-electron chi connectivity index (χ1n) is 8.77. The van der Waals surface area contributed by atoms with Gasteiger partial charge in [-0.25, -0.2) is 0 Å². The first-order chi connectivity index (χ1) is 12.7. The summed E-state index contributed by atoms with van der Waals surface area (Å²) in [5, 5.41) is 9.35. The van der Waals surface area contributed by atoms with Crippen molar-refractivity contribution in [3.63, 3.8) is 0 Å². The molecular formula is C20H18ClN3O2. The molecular weight excluding hydrogens is 350 g/mol. The molecule has 26 heavy (non-hydrogen) atoms. The molecule has 4 rings (SSSR count). The van der Waals surface area contributed by atoms with E-state index in [9.17, 15) is 4.79 Å². The van der Waals surface area contributed by atoms with Gasteiger partial charge in [0.05, 0.1) is 34.5 Å². The standard InChI is InChI=1S/C20H18ClN3O2/c21-18-10-16(6-3-13(18)11-22)26-15-7-4-14(5-8-15)24-12-19-17(20(24)25)2-1-9-23-19/h1-3,6,9-10,14-15H,4-5,7-8,12H2/t14-,15-. The molecule has 1 aliphatic heterocycles. The van der Waals surface area contributed by atoms with E-state index in [4.69, 9.17) is 21.6 Å². The molecule has 132 valence electrons. The van der Waals surface area contributed by atoms with Crippen molar-refractivity contribution in [1.29, 1.82) is 5.26 Å². The number of pyridine rings is 1. The quantitative estimate of drug-likeness (QED) is 0.823. The van der Waals surface area contributed by atoms with Gasteiger partial charge in [0.2, 0.25) is 0 Å². The van der Waals surface area contributed by atoms with E-state index in [-0.39, 0.29) is 18.1 Å². The van der Waals surface area contributed by atoms with Crippen LogP contribution in [0.4, 0.5) is 0 Å². The fourth-order valence-electron chi connectivity index (χ4n) is 3.77. The smallest absolute Gasteiger partial charge is 0.256 e.